The van der Waals surface area contributed by atoms with Crippen molar-refractivity contribution in [3.8, 4) is 22.7 Å². The van der Waals surface area contributed by atoms with Crippen molar-refractivity contribution >= 4 is 12.8 Å². The third-order valence-electron chi connectivity index (χ3n) is 11.8. The monoisotopic (exact) mass is 670 g/mol. The normalized spacial score (nSPS) is 14.5. The van der Waals surface area contributed by atoms with Gasteiger partial charge in [0.05, 0.1) is 24.8 Å². The molecule has 260 valence electrons. The highest BCUT2D eigenvalue weighted by atomic mass is 15.2. The molecule has 5 heterocycles. The van der Waals surface area contributed by atoms with Gasteiger partial charge in [-0.2, -0.15) is 0 Å². The Morgan fingerprint density at radius 2 is 0.680 bits per heavy atom. The SMILES string of the molecule is CCCC[B-]1(CCCC)[n+]2ccn(c2)-c2cccc(c2)-n2cc[n+](c2)[B-](CCCC)(CCCC)[n+]2ccn(c2)-c2cccc(c2)-n2cc[n+]1c2. The lowest BCUT2D eigenvalue weighted by molar-refractivity contribution is -0.690. The number of benzene rings is 2. The zero-order valence-electron chi connectivity index (χ0n) is 30.8. The van der Waals surface area contributed by atoms with Crippen LogP contribution in [-0.2, 0) is 0 Å². The van der Waals surface area contributed by atoms with Crippen LogP contribution in [0.4, 0.5) is 0 Å². The molecule has 10 heteroatoms. The molecule has 12 bridgehead atoms. The number of fused-ring (bicyclic) bond motifs is 16. The van der Waals surface area contributed by atoms with E-state index in [1.54, 1.807) is 0 Å². The fourth-order valence-corrected chi connectivity index (χ4v) is 8.77. The zero-order valence-corrected chi connectivity index (χ0v) is 30.8. The van der Waals surface area contributed by atoms with E-state index in [0.29, 0.717) is 0 Å². The van der Waals surface area contributed by atoms with Gasteiger partial charge in [0, 0.05) is 12.1 Å². The molecule has 0 saturated carbocycles. The van der Waals surface area contributed by atoms with Crippen LogP contribution in [0.2, 0.25) is 25.3 Å². The molecule has 0 fully saturated rings. The maximum atomic E-state index is 2.54. The van der Waals surface area contributed by atoms with Crippen LogP contribution in [0.15, 0.2) is 123 Å². The third kappa shape index (κ3) is 6.29. The molecule has 8 nitrogen and oxygen atoms in total. The summed E-state index contributed by atoms with van der Waals surface area (Å²) < 4.78 is 19.4. The van der Waals surface area contributed by atoms with Crippen LogP contribution in [0.5, 0.6) is 0 Å². The number of nitrogens with zero attached hydrogens (tertiary/aromatic N) is 8. The number of hydrogen-bond donors (Lipinski definition) is 0. The van der Waals surface area contributed by atoms with Crippen molar-refractivity contribution in [2.45, 2.75) is 104 Å². The van der Waals surface area contributed by atoms with Crippen molar-refractivity contribution in [3.05, 3.63) is 123 Å². The van der Waals surface area contributed by atoms with Crippen molar-refractivity contribution in [2.75, 3.05) is 0 Å². The lowest BCUT2D eigenvalue weighted by Crippen LogP contribution is -2.80. The third-order valence-corrected chi connectivity index (χ3v) is 11.8. The van der Waals surface area contributed by atoms with E-state index >= 15 is 0 Å². The van der Waals surface area contributed by atoms with Gasteiger partial charge in [-0.05, 0) is 24.3 Å². The quantitative estimate of drug-likeness (QED) is 0.124. The molecule has 50 heavy (non-hydrogen) atoms. The molecule has 1 aliphatic heterocycles. The number of unbranched alkanes of at least 4 members (excludes halogenated alkanes) is 4. The highest BCUT2D eigenvalue weighted by Crippen LogP contribution is 2.22. The Morgan fingerprint density at radius 3 is 0.920 bits per heavy atom. The fraction of sp³-hybridized carbons (Fsp3) is 0.400. The molecule has 0 radical (unpaired) electrons. The second kappa shape index (κ2) is 14.7. The van der Waals surface area contributed by atoms with Crippen LogP contribution in [0.1, 0.15) is 79.1 Å². The van der Waals surface area contributed by atoms with E-state index in [1.807, 2.05) is 0 Å². The molecule has 0 unspecified atom stereocenters. The predicted octanol–water partition coefficient (Wildman–Crippen LogP) is 7.19. The van der Waals surface area contributed by atoms with Gasteiger partial charge in [0.2, 0.25) is 25.3 Å². The van der Waals surface area contributed by atoms with Gasteiger partial charge in [-0.3, -0.25) is 0 Å². The van der Waals surface area contributed by atoms with Crippen molar-refractivity contribution < 1.29 is 17.9 Å². The fourth-order valence-electron chi connectivity index (χ4n) is 8.77. The summed E-state index contributed by atoms with van der Waals surface area (Å²) in [6.45, 7) is 9.25. The summed E-state index contributed by atoms with van der Waals surface area (Å²) in [6.07, 6.45) is 39.4. The molecule has 0 atom stereocenters. The minimum atomic E-state index is -1.11. The van der Waals surface area contributed by atoms with Crippen molar-refractivity contribution in [1.82, 2.24) is 18.3 Å². The van der Waals surface area contributed by atoms with E-state index in [-0.39, 0.29) is 0 Å². The van der Waals surface area contributed by atoms with Gasteiger partial charge in [0.15, 0.2) is 0 Å². The van der Waals surface area contributed by atoms with Gasteiger partial charge in [-0.25, -0.2) is 18.3 Å². The molecule has 6 aromatic rings. The van der Waals surface area contributed by atoms with Gasteiger partial charge in [0.25, 0.3) is 0 Å². The first-order valence-corrected chi connectivity index (χ1v) is 19.5. The molecule has 0 aliphatic carbocycles. The van der Waals surface area contributed by atoms with Crippen LogP contribution >= 0.6 is 0 Å². The van der Waals surface area contributed by atoms with Gasteiger partial charge >= 0.3 is 12.8 Å². The Kier molecular flexibility index (Phi) is 9.97. The second-order valence-corrected chi connectivity index (χ2v) is 14.9. The van der Waals surface area contributed by atoms with Crippen molar-refractivity contribution in [1.29, 1.82) is 0 Å². The highest BCUT2D eigenvalue weighted by Gasteiger charge is 2.42. The predicted molar refractivity (Wildman–Crippen MR) is 203 cm³/mol. The Hall–Kier alpha value is -4.59. The first-order chi connectivity index (χ1) is 24.5. The van der Waals surface area contributed by atoms with Gasteiger partial charge in [0.1, 0.15) is 47.5 Å². The molecule has 4 aromatic heterocycles. The van der Waals surface area contributed by atoms with Crippen LogP contribution < -0.4 is 17.9 Å². The topological polar surface area (TPSA) is 35.2 Å². The molecular formula is C40H56B2N8+2. The summed E-state index contributed by atoms with van der Waals surface area (Å²) in [4.78, 5) is 0. The first kappa shape index (κ1) is 33.9. The summed E-state index contributed by atoms with van der Waals surface area (Å²) in [5.41, 5.74) is 4.69. The van der Waals surface area contributed by atoms with Crippen LogP contribution in [-0.4, -0.2) is 31.1 Å². The smallest absolute Gasteiger partial charge is 0.381 e. The van der Waals surface area contributed by atoms with Crippen molar-refractivity contribution in [2.24, 2.45) is 0 Å². The number of imidazole rings is 4. The molecule has 0 saturated heterocycles. The number of hydrogen-bond acceptors (Lipinski definition) is 0. The molecule has 7 rings (SSSR count). The lowest BCUT2D eigenvalue weighted by atomic mass is 9.39. The van der Waals surface area contributed by atoms with E-state index in [2.05, 4.69) is 187 Å². The highest BCUT2D eigenvalue weighted by molar-refractivity contribution is 6.63. The Balaban J connectivity index is 1.45. The van der Waals surface area contributed by atoms with E-state index < -0.39 is 12.8 Å². The van der Waals surface area contributed by atoms with E-state index in [4.69, 9.17) is 0 Å². The minimum Gasteiger partial charge on any atom is -0.393 e. The molecule has 2 aromatic carbocycles. The first-order valence-electron chi connectivity index (χ1n) is 19.5. The van der Waals surface area contributed by atoms with Crippen LogP contribution in [0.25, 0.3) is 22.7 Å². The summed E-state index contributed by atoms with van der Waals surface area (Å²) in [5, 5.41) is 0. The van der Waals surface area contributed by atoms with E-state index in [0.717, 1.165) is 25.3 Å². The second-order valence-electron chi connectivity index (χ2n) is 14.9. The summed E-state index contributed by atoms with van der Waals surface area (Å²) >= 11 is 0. The Labute approximate surface area is 298 Å². The molecule has 0 spiro atoms. The maximum absolute atomic E-state index is 2.54. The summed E-state index contributed by atoms with van der Waals surface area (Å²) in [7, 11) is 0. The van der Waals surface area contributed by atoms with Crippen LogP contribution in [0, 0.1) is 0 Å². The van der Waals surface area contributed by atoms with Gasteiger partial charge < -0.3 is 17.9 Å². The van der Waals surface area contributed by atoms with Gasteiger partial charge in [-0.15, -0.1) is 0 Å². The lowest BCUT2D eigenvalue weighted by Gasteiger charge is -2.33. The average molecular weight is 671 g/mol. The Bertz CT molecular complexity index is 1740. The number of aromatic nitrogens is 8. The maximum Gasteiger partial charge on any atom is 0.381 e. The number of rotatable bonds is 12. The minimum absolute atomic E-state index is 1.11. The molecular weight excluding hydrogens is 614 g/mol. The largest absolute Gasteiger partial charge is 0.393 e. The Morgan fingerprint density at radius 1 is 0.420 bits per heavy atom. The average Bonchev–Trinajstić information content (AvgIpc) is 4.00. The molecule has 0 amide bonds. The molecule has 1 aliphatic rings. The summed E-state index contributed by atoms with van der Waals surface area (Å²) in [5.74, 6) is 0. The van der Waals surface area contributed by atoms with Crippen LogP contribution in [0.3, 0.4) is 0 Å². The van der Waals surface area contributed by atoms with Gasteiger partial charge in [-0.1, -0.05) is 116 Å². The van der Waals surface area contributed by atoms with E-state index in [1.165, 1.54) is 74.1 Å². The van der Waals surface area contributed by atoms with Crippen molar-refractivity contribution in [3.63, 3.8) is 0 Å². The standard InChI is InChI=1S/C40H56B2N8/c1-5-9-19-41(20-10-6-2)47-27-23-43(33-47)37-15-13-17-39(31-37)45-25-29-49(35-45)42(21-11-7-3,22-12-8-4)50-30-26-46(36-50)40-18-14-16-38(32-40)44-24-28-48(41)34-44/h13-18,23-36H,5-12,19-22H2,1-4H3/q+2. The van der Waals surface area contributed by atoms with E-state index in [9.17, 15) is 0 Å². The summed E-state index contributed by atoms with van der Waals surface area (Å²) in [6, 6.07) is 18.0. The molecule has 0 N–H and O–H groups in total. The zero-order chi connectivity index (χ0) is 34.6.